The standard InChI is InChI=1S/C11H15F3N4O2/c12-11(13,14)20-2-1-19-4-8-3-18(17-16-8)10-5-9(15,6-10)7-10/h3H,1-2,4-7,15H2. The van der Waals surface area contributed by atoms with Gasteiger partial charge in [0.05, 0.1) is 31.6 Å². The topological polar surface area (TPSA) is 75.2 Å². The van der Waals surface area contributed by atoms with Crippen molar-refractivity contribution < 1.29 is 22.6 Å². The molecule has 112 valence electrons. The number of aromatic nitrogens is 3. The van der Waals surface area contributed by atoms with Gasteiger partial charge in [-0.1, -0.05) is 5.21 Å². The summed E-state index contributed by atoms with van der Waals surface area (Å²) >= 11 is 0. The summed E-state index contributed by atoms with van der Waals surface area (Å²) in [6.45, 7) is -0.564. The molecule has 0 radical (unpaired) electrons. The van der Waals surface area contributed by atoms with Gasteiger partial charge in [-0.2, -0.15) is 0 Å². The Hall–Kier alpha value is -1.19. The van der Waals surface area contributed by atoms with Crippen LogP contribution in [0.25, 0.3) is 0 Å². The molecule has 6 nitrogen and oxygen atoms in total. The molecule has 0 aliphatic heterocycles. The average molecular weight is 292 g/mol. The molecule has 0 saturated heterocycles. The van der Waals surface area contributed by atoms with Crippen LogP contribution in [-0.4, -0.2) is 40.1 Å². The van der Waals surface area contributed by atoms with Gasteiger partial charge in [-0.15, -0.1) is 18.3 Å². The SMILES string of the molecule is NC12CC(n3cc(COCCOC(F)(F)F)nn3)(C1)C2. The van der Waals surface area contributed by atoms with Gasteiger partial charge in [0, 0.05) is 5.54 Å². The summed E-state index contributed by atoms with van der Waals surface area (Å²) in [4.78, 5) is 0. The first-order chi connectivity index (χ1) is 9.30. The molecule has 2 N–H and O–H groups in total. The Morgan fingerprint density at radius 2 is 2.00 bits per heavy atom. The number of hydrogen-bond donors (Lipinski definition) is 1. The zero-order valence-corrected chi connectivity index (χ0v) is 10.7. The van der Waals surface area contributed by atoms with Crippen LogP contribution in [0.5, 0.6) is 0 Å². The van der Waals surface area contributed by atoms with Gasteiger partial charge in [-0.3, -0.25) is 4.74 Å². The number of rotatable bonds is 6. The Balaban J connectivity index is 1.40. The molecule has 20 heavy (non-hydrogen) atoms. The van der Waals surface area contributed by atoms with Crippen molar-refractivity contribution >= 4 is 0 Å². The van der Waals surface area contributed by atoms with Crippen molar-refractivity contribution in [2.24, 2.45) is 5.73 Å². The van der Waals surface area contributed by atoms with E-state index >= 15 is 0 Å². The molecule has 0 aromatic carbocycles. The molecule has 1 heterocycles. The molecule has 3 saturated carbocycles. The van der Waals surface area contributed by atoms with Gasteiger partial charge in [0.15, 0.2) is 0 Å². The van der Waals surface area contributed by atoms with Crippen molar-refractivity contribution in [2.75, 3.05) is 13.2 Å². The van der Waals surface area contributed by atoms with Crippen molar-refractivity contribution in [2.45, 2.75) is 43.3 Å². The largest absolute Gasteiger partial charge is 0.522 e. The minimum Gasteiger partial charge on any atom is -0.373 e. The number of ether oxygens (including phenoxy) is 2. The molecule has 0 atom stereocenters. The first kappa shape index (κ1) is 13.8. The van der Waals surface area contributed by atoms with Crippen LogP contribution in [-0.2, 0) is 21.6 Å². The maximum absolute atomic E-state index is 11.7. The van der Waals surface area contributed by atoms with Gasteiger partial charge in [0.2, 0.25) is 0 Å². The van der Waals surface area contributed by atoms with Crippen molar-refractivity contribution in [1.82, 2.24) is 15.0 Å². The Labute approximate surface area is 113 Å². The van der Waals surface area contributed by atoms with E-state index in [1.165, 1.54) is 0 Å². The maximum Gasteiger partial charge on any atom is 0.522 e. The summed E-state index contributed by atoms with van der Waals surface area (Å²) in [5.41, 5.74) is 6.56. The van der Waals surface area contributed by atoms with E-state index in [2.05, 4.69) is 15.0 Å². The summed E-state index contributed by atoms with van der Waals surface area (Å²) in [7, 11) is 0. The lowest BCUT2D eigenvalue weighted by Crippen LogP contribution is -2.76. The van der Waals surface area contributed by atoms with Gasteiger partial charge >= 0.3 is 6.36 Å². The fourth-order valence-electron chi connectivity index (χ4n) is 3.04. The predicted octanol–water partition coefficient (Wildman–Crippen LogP) is 0.921. The van der Waals surface area contributed by atoms with Crippen LogP contribution in [0.15, 0.2) is 6.20 Å². The van der Waals surface area contributed by atoms with E-state index in [0.717, 1.165) is 19.3 Å². The molecule has 9 heteroatoms. The fourth-order valence-corrected chi connectivity index (χ4v) is 3.04. The zero-order chi connectivity index (χ0) is 14.4. The number of nitrogens with two attached hydrogens (primary N) is 1. The zero-order valence-electron chi connectivity index (χ0n) is 10.7. The molecule has 0 unspecified atom stereocenters. The van der Waals surface area contributed by atoms with E-state index in [1.54, 1.807) is 10.9 Å². The summed E-state index contributed by atoms with van der Waals surface area (Å²) in [5, 5.41) is 7.98. The van der Waals surface area contributed by atoms with Crippen molar-refractivity contribution in [1.29, 1.82) is 0 Å². The van der Waals surface area contributed by atoms with Crippen molar-refractivity contribution in [3.63, 3.8) is 0 Å². The second kappa shape index (κ2) is 4.40. The van der Waals surface area contributed by atoms with Gasteiger partial charge in [-0.05, 0) is 19.3 Å². The fraction of sp³-hybridized carbons (Fsp3) is 0.818. The van der Waals surface area contributed by atoms with Gasteiger partial charge < -0.3 is 10.5 Å². The molecule has 0 amide bonds. The van der Waals surface area contributed by atoms with E-state index in [-0.39, 0.29) is 24.3 Å². The van der Waals surface area contributed by atoms with E-state index < -0.39 is 13.0 Å². The molecular weight excluding hydrogens is 277 g/mol. The number of nitrogens with zero attached hydrogens (tertiary/aromatic N) is 3. The first-order valence-electron chi connectivity index (χ1n) is 6.29. The molecule has 4 rings (SSSR count). The monoisotopic (exact) mass is 292 g/mol. The molecule has 3 aliphatic rings. The molecule has 2 bridgehead atoms. The van der Waals surface area contributed by atoms with Crippen LogP contribution in [0.3, 0.4) is 0 Å². The van der Waals surface area contributed by atoms with Crippen LogP contribution in [0.1, 0.15) is 25.0 Å². The molecule has 0 spiro atoms. The lowest BCUT2D eigenvalue weighted by Gasteiger charge is -2.68. The van der Waals surface area contributed by atoms with Crippen LogP contribution in [0, 0.1) is 0 Å². The predicted molar refractivity (Wildman–Crippen MR) is 60.4 cm³/mol. The lowest BCUT2D eigenvalue weighted by atomic mass is 9.45. The third-order valence-corrected chi connectivity index (χ3v) is 3.81. The minimum absolute atomic E-state index is 0.0133. The Morgan fingerprint density at radius 3 is 2.60 bits per heavy atom. The third-order valence-electron chi connectivity index (χ3n) is 3.81. The molecule has 3 fully saturated rings. The normalized spacial score (nSPS) is 31.8. The van der Waals surface area contributed by atoms with E-state index in [4.69, 9.17) is 10.5 Å². The summed E-state index contributed by atoms with van der Waals surface area (Å²) in [6, 6.07) is 0. The number of alkyl halides is 3. The first-order valence-corrected chi connectivity index (χ1v) is 6.29. The van der Waals surface area contributed by atoms with Crippen molar-refractivity contribution in [3.05, 3.63) is 11.9 Å². The highest BCUT2D eigenvalue weighted by atomic mass is 19.4. The van der Waals surface area contributed by atoms with E-state index in [1.807, 2.05) is 0 Å². The van der Waals surface area contributed by atoms with Crippen LogP contribution >= 0.6 is 0 Å². The van der Waals surface area contributed by atoms with Gasteiger partial charge in [0.1, 0.15) is 5.69 Å². The van der Waals surface area contributed by atoms with Crippen LogP contribution in [0.2, 0.25) is 0 Å². The third kappa shape index (κ3) is 2.52. The Morgan fingerprint density at radius 1 is 1.30 bits per heavy atom. The second-order valence-electron chi connectivity index (χ2n) is 5.62. The quantitative estimate of drug-likeness (QED) is 0.789. The van der Waals surface area contributed by atoms with E-state index in [9.17, 15) is 13.2 Å². The minimum atomic E-state index is -4.62. The maximum atomic E-state index is 11.7. The average Bonchev–Trinajstić information content (AvgIpc) is 2.70. The Kier molecular flexibility index (Phi) is 3.03. The van der Waals surface area contributed by atoms with Gasteiger partial charge in [0.25, 0.3) is 0 Å². The van der Waals surface area contributed by atoms with Crippen LogP contribution < -0.4 is 5.73 Å². The van der Waals surface area contributed by atoms with E-state index in [0.29, 0.717) is 5.69 Å². The number of halogens is 3. The Bertz CT molecular complexity index is 482. The molecule has 3 aliphatic carbocycles. The van der Waals surface area contributed by atoms with Crippen molar-refractivity contribution in [3.8, 4) is 0 Å². The number of hydrogen-bond acceptors (Lipinski definition) is 5. The van der Waals surface area contributed by atoms with Crippen LogP contribution in [0.4, 0.5) is 13.2 Å². The summed E-state index contributed by atoms with van der Waals surface area (Å²) < 4.78 is 45.6. The molecular formula is C11H15F3N4O2. The summed E-state index contributed by atoms with van der Waals surface area (Å²) in [6.07, 6.45) is -0.132. The molecule has 1 aromatic heterocycles. The lowest BCUT2D eigenvalue weighted by molar-refractivity contribution is -0.327. The second-order valence-corrected chi connectivity index (χ2v) is 5.62. The van der Waals surface area contributed by atoms with Gasteiger partial charge in [-0.25, -0.2) is 4.68 Å². The summed E-state index contributed by atoms with van der Waals surface area (Å²) in [5.74, 6) is 0. The highest BCUT2D eigenvalue weighted by Crippen LogP contribution is 2.63. The highest BCUT2D eigenvalue weighted by Gasteiger charge is 2.67. The molecule has 1 aromatic rings. The highest BCUT2D eigenvalue weighted by molar-refractivity contribution is 5.24. The smallest absolute Gasteiger partial charge is 0.373 e.